The number of aromatic nitrogens is 1. The van der Waals surface area contributed by atoms with Gasteiger partial charge in [-0.05, 0) is 81.4 Å². The third-order valence-corrected chi connectivity index (χ3v) is 7.12. The third kappa shape index (κ3) is 6.18. The number of hydrogen-bond acceptors (Lipinski definition) is 5. The standard InChI is InChI=1S/C26H33ClN4O2/c27-21-4-6-23(7-5-21)31-14-11-20(17-31)26(32)29-22(18-30-12-1-2-13-30)15-19-3-10-25(28-16-19)33-24-8-9-24/h3-7,10,16,20,22,24H,1-2,8-9,11-15,17-18H2,(H,29,32)/t20-,22?/m1/s1. The van der Waals surface area contributed by atoms with Gasteiger partial charge in [0.05, 0.1) is 5.92 Å². The number of likely N-dealkylation sites (tertiary alicyclic amines) is 1. The number of pyridine rings is 1. The zero-order valence-corrected chi connectivity index (χ0v) is 19.8. The van der Waals surface area contributed by atoms with E-state index >= 15 is 0 Å². The first-order valence-corrected chi connectivity index (χ1v) is 12.6. The van der Waals surface area contributed by atoms with Crippen molar-refractivity contribution in [1.82, 2.24) is 15.2 Å². The molecule has 3 fully saturated rings. The molecule has 1 aromatic carbocycles. The van der Waals surface area contributed by atoms with E-state index in [9.17, 15) is 4.79 Å². The van der Waals surface area contributed by atoms with Crippen LogP contribution in [0, 0.1) is 5.92 Å². The largest absolute Gasteiger partial charge is 0.474 e. The minimum Gasteiger partial charge on any atom is -0.474 e. The molecule has 1 N–H and O–H groups in total. The Kier molecular flexibility index (Phi) is 7.02. The average Bonchev–Trinajstić information content (AvgIpc) is 3.25. The van der Waals surface area contributed by atoms with Crippen LogP contribution < -0.4 is 15.0 Å². The molecule has 2 aromatic rings. The molecule has 1 saturated carbocycles. The van der Waals surface area contributed by atoms with Gasteiger partial charge in [0.1, 0.15) is 6.10 Å². The second-order valence-corrected chi connectivity index (χ2v) is 10.1. The molecule has 2 atom stereocenters. The van der Waals surface area contributed by atoms with Crippen molar-refractivity contribution < 1.29 is 9.53 Å². The van der Waals surface area contributed by atoms with Crippen LogP contribution in [-0.2, 0) is 11.2 Å². The molecule has 5 rings (SSSR count). The summed E-state index contributed by atoms with van der Waals surface area (Å²) < 4.78 is 5.78. The highest BCUT2D eigenvalue weighted by Gasteiger charge is 2.30. The highest BCUT2D eigenvalue weighted by atomic mass is 35.5. The molecule has 7 heteroatoms. The van der Waals surface area contributed by atoms with Gasteiger partial charge in [-0.25, -0.2) is 4.98 Å². The predicted octanol–water partition coefficient (Wildman–Crippen LogP) is 3.93. The number of amides is 1. The molecule has 0 radical (unpaired) electrons. The minimum absolute atomic E-state index is 0.00852. The monoisotopic (exact) mass is 468 g/mol. The van der Waals surface area contributed by atoms with Crippen LogP contribution in [0.2, 0.25) is 5.02 Å². The van der Waals surface area contributed by atoms with Gasteiger partial charge in [-0.1, -0.05) is 17.7 Å². The first-order chi connectivity index (χ1) is 16.1. The first kappa shape index (κ1) is 22.5. The zero-order chi connectivity index (χ0) is 22.6. The van der Waals surface area contributed by atoms with E-state index in [2.05, 4.69) is 26.2 Å². The van der Waals surface area contributed by atoms with Gasteiger partial charge in [-0.15, -0.1) is 0 Å². The van der Waals surface area contributed by atoms with E-state index in [0.717, 1.165) is 74.7 Å². The van der Waals surface area contributed by atoms with Crippen molar-refractivity contribution in [2.24, 2.45) is 5.92 Å². The lowest BCUT2D eigenvalue weighted by molar-refractivity contribution is -0.125. The molecule has 1 amide bonds. The van der Waals surface area contributed by atoms with E-state index in [4.69, 9.17) is 16.3 Å². The van der Waals surface area contributed by atoms with Gasteiger partial charge in [-0.3, -0.25) is 4.79 Å². The van der Waals surface area contributed by atoms with Crippen molar-refractivity contribution in [2.45, 2.75) is 50.7 Å². The molecular weight excluding hydrogens is 436 g/mol. The number of halogens is 1. The number of carbonyl (C=O) groups excluding carboxylic acids is 1. The van der Waals surface area contributed by atoms with E-state index in [1.54, 1.807) is 0 Å². The van der Waals surface area contributed by atoms with Crippen LogP contribution in [0.15, 0.2) is 42.6 Å². The molecule has 0 spiro atoms. The lowest BCUT2D eigenvalue weighted by Gasteiger charge is -2.26. The van der Waals surface area contributed by atoms with Crippen molar-refractivity contribution in [3.05, 3.63) is 53.2 Å². The van der Waals surface area contributed by atoms with Crippen LogP contribution in [-0.4, -0.2) is 60.7 Å². The Morgan fingerprint density at radius 3 is 2.58 bits per heavy atom. The Morgan fingerprint density at radius 1 is 1.09 bits per heavy atom. The number of anilines is 1. The van der Waals surface area contributed by atoms with Crippen molar-refractivity contribution in [2.75, 3.05) is 37.6 Å². The van der Waals surface area contributed by atoms with Crippen LogP contribution in [0.5, 0.6) is 5.88 Å². The van der Waals surface area contributed by atoms with Gasteiger partial charge in [-0.2, -0.15) is 0 Å². The molecule has 6 nitrogen and oxygen atoms in total. The van der Waals surface area contributed by atoms with Gasteiger partial charge in [0.25, 0.3) is 0 Å². The Hall–Kier alpha value is -2.31. The maximum absolute atomic E-state index is 13.2. The summed E-state index contributed by atoms with van der Waals surface area (Å²) in [6.45, 7) is 4.76. The first-order valence-electron chi connectivity index (χ1n) is 12.3. The van der Waals surface area contributed by atoms with Crippen LogP contribution >= 0.6 is 11.6 Å². The SMILES string of the molecule is O=C(NC(Cc1ccc(OC2CC2)nc1)CN1CCCC1)[C@@H]1CCN(c2ccc(Cl)cc2)C1. The molecular formula is C26H33ClN4O2. The maximum Gasteiger partial charge on any atom is 0.225 e. The Bertz CT molecular complexity index is 926. The van der Waals surface area contributed by atoms with Gasteiger partial charge in [0.15, 0.2) is 0 Å². The normalized spacial score (nSPS) is 21.8. The number of nitrogens with zero attached hydrogens (tertiary/aromatic N) is 3. The van der Waals surface area contributed by atoms with E-state index in [1.165, 1.54) is 12.8 Å². The lowest BCUT2D eigenvalue weighted by Crippen LogP contribution is -2.46. The Balaban J connectivity index is 1.19. The second kappa shape index (κ2) is 10.3. The molecule has 3 aliphatic rings. The van der Waals surface area contributed by atoms with Gasteiger partial charge >= 0.3 is 0 Å². The van der Waals surface area contributed by atoms with E-state index in [0.29, 0.717) is 12.0 Å². The highest BCUT2D eigenvalue weighted by molar-refractivity contribution is 6.30. The fourth-order valence-electron chi connectivity index (χ4n) is 4.86. The summed E-state index contributed by atoms with van der Waals surface area (Å²) in [6, 6.07) is 12.0. The summed E-state index contributed by atoms with van der Waals surface area (Å²) in [7, 11) is 0. The molecule has 176 valence electrons. The van der Waals surface area contributed by atoms with E-state index in [-0.39, 0.29) is 17.9 Å². The van der Waals surface area contributed by atoms with Crippen LogP contribution in [0.3, 0.4) is 0 Å². The molecule has 1 aliphatic carbocycles. The fraction of sp³-hybridized carbons (Fsp3) is 0.538. The number of ether oxygens (including phenoxy) is 1. The predicted molar refractivity (Wildman–Crippen MR) is 131 cm³/mol. The summed E-state index contributed by atoms with van der Waals surface area (Å²) >= 11 is 6.03. The van der Waals surface area contributed by atoms with Crippen molar-refractivity contribution >= 4 is 23.2 Å². The molecule has 1 unspecified atom stereocenters. The van der Waals surface area contributed by atoms with E-state index < -0.39 is 0 Å². The molecule has 1 aromatic heterocycles. The average molecular weight is 469 g/mol. The van der Waals surface area contributed by atoms with E-state index in [1.807, 2.05) is 36.5 Å². The number of benzene rings is 1. The quantitative estimate of drug-likeness (QED) is 0.604. The minimum atomic E-state index is 0.00852. The maximum atomic E-state index is 13.2. The topological polar surface area (TPSA) is 57.7 Å². The Morgan fingerprint density at radius 2 is 1.88 bits per heavy atom. The van der Waals surface area contributed by atoms with Crippen molar-refractivity contribution in [3.8, 4) is 5.88 Å². The van der Waals surface area contributed by atoms with Crippen LogP contribution in [0.25, 0.3) is 0 Å². The third-order valence-electron chi connectivity index (χ3n) is 6.87. The van der Waals surface area contributed by atoms with Gasteiger partial charge < -0.3 is 19.9 Å². The fourth-order valence-corrected chi connectivity index (χ4v) is 4.99. The molecule has 33 heavy (non-hydrogen) atoms. The summed E-state index contributed by atoms with van der Waals surface area (Å²) in [5.74, 6) is 0.876. The number of carbonyl (C=O) groups is 1. The van der Waals surface area contributed by atoms with Gasteiger partial charge in [0, 0.05) is 48.6 Å². The molecule has 2 aliphatic heterocycles. The number of hydrogen-bond donors (Lipinski definition) is 1. The summed E-state index contributed by atoms with van der Waals surface area (Å²) in [6.07, 6.45) is 8.66. The molecule has 0 bridgehead atoms. The van der Waals surface area contributed by atoms with Crippen LogP contribution in [0.1, 0.15) is 37.7 Å². The Labute approximate surface area is 201 Å². The van der Waals surface area contributed by atoms with Crippen LogP contribution in [0.4, 0.5) is 5.69 Å². The van der Waals surface area contributed by atoms with Gasteiger partial charge in [0.2, 0.25) is 11.8 Å². The summed E-state index contributed by atoms with van der Waals surface area (Å²) in [4.78, 5) is 22.5. The summed E-state index contributed by atoms with van der Waals surface area (Å²) in [5, 5.41) is 4.12. The summed E-state index contributed by atoms with van der Waals surface area (Å²) in [5.41, 5.74) is 2.26. The van der Waals surface area contributed by atoms with Crippen molar-refractivity contribution in [1.29, 1.82) is 0 Å². The highest BCUT2D eigenvalue weighted by Crippen LogP contribution is 2.27. The van der Waals surface area contributed by atoms with Crippen molar-refractivity contribution in [3.63, 3.8) is 0 Å². The zero-order valence-electron chi connectivity index (χ0n) is 19.1. The molecule has 2 saturated heterocycles. The second-order valence-electron chi connectivity index (χ2n) is 9.65. The lowest BCUT2D eigenvalue weighted by atomic mass is 10.0. The smallest absolute Gasteiger partial charge is 0.225 e. The number of nitrogens with one attached hydrogen (secondary N) is 1. The molecule has 3 heterocycles. The number of rotatable bonds is 9.